The van der Waals surface area contributed by atoms with Crippen molar-refractivity contribution in [3.05, 3.63) is 28.8 Å². The SMILES string of the molecule is Cc1cc(Cl)ccc1NC(=O)CN1CC(CC(=O)O)C1. The van der Waals surface area contributed by atoms with Crippen LogP contribution >= 0.6 is 11.6 Å². The molecule has 0 aliphatic carbocycles. The Hall–Kier alpha value is -1.59. The van der Waals surface area contributed by atoms with E-state index in [4.69, 9.17) is 16.7 Å². The summed E-state index contributed by atoms with van der Waals surface area (Å²) in [5, 5.41) is 12.1. The Kier molecular flexibility index (Phi) is 4.62. The summed E-state index contributed by atoms with van der Waals surface area (Å²) in [4.78, 5) is 24.3. The molecule has 0 atom stereocenters. The van der Waals surface area contributed by atoms with Gasteiger partial charge in [-0.2, -0.15) is 0 Å². The van der Waals surface area contributed by atoms with Crippen LogP contribution in [0.1, 0.15) is 12.0 Å². The molecule has 0 unspecified atom stereocenters. The second-order valence-corrected chi connectivity index (χ2v) is 5.60. The lowest BCUT2D eigenvalue weighted by molar-refractivity contribution is -0.139. The third kappa shape index (κ3) is 3.95. The van der Waals surface area contributed by atoms with Crippen LogP contribution < -0.4 is 5.32 Å². The Bertz CT molecular complexity index is 527. The number of halogens is 1. The molecular formula is C14H17ClN2O3. The Balaban J connectivity index is 1.78. The minimum Gasteiger partial charge on any atom is -0.481 e. The molecule has 5 nitrogen and oxygen atoms in total. The molecular weight excluding hydrogens is 280 g/mol. The van der Waals surface area contributed by atoms with Gasteiger partial charge in [-0.15, -0.1) is 0 Å². The van der Waals surface area contributed by atoms with Crippen LogP contribution in [-0.2, 0) is 9.59 Å². The highest BCUT2D eigenvalue weighted by atomic mass is 35.5. The standard InChI is InChI=1S/C14H17ClN2O3/c1-9-4-11(15)2-3-12(9)16-13(18)8-17-6-10(7-17)5-14(19)20/h2-4,10H,5-8H2,1H3,(H,16,18)(H,19,20). The fraction of sp³-hybridized carbons (Fsp3) is 0.429. The van der Waals surface area contributed by atoms with Crippen LogP contribution in [0.2, 0.25) is 5.02 Å². The van der Waals surface area contributed by atoms with Gasteiger partial charge in [0, 0.05) is 23.8 Å². The Morgan fingerprint density at radius 3 is 2.75 bits per heavy atom. The lowest BCUT2D eigenvalue weighted by Gasteiger charge is -2.37. The van der Waals surface area contributed by atoms with E-state index < -0.39 is 5.97 Å². The van der Waals surface area contributed by atoms with E-state index in [1.807, 2.05) is 11.8 Å². The monoisotopic (exact) mass is 296 g/mol. The van der Waals surface area contributed by atoms with Gasteiger partial charge in [-0.25, -0.2) is 0 Å². The Morgan fingerprint density at radius 1 is 1.45 bits per heavy atom. The maximum Gasteiger partial charge on any atom is 0.303 e. The molecule has 2 N–H and O–H groups in total. The number of carbonyl (C=O) groups is 2. The van der Waals surface area contributed by atoms with Gasteiger partial charge in [0.2, 0.25) is 5.91 Å². The number of carboxylic acids is 1. The number of rotatable bonds is 5. The zero-order valence-electron chi connectivity index (χ0n) is 11.2. The molecule has 1 aromatic carbocycles. The summed E-state index contributed by atoms with van der Waals surface area (Å²) in [6, 6.07) is 5.30. The molecule has 108 valence electrons. The predicted molar refractivity (Wildman–Crippen MR) is 77.0 cm³/mol. The molecule has 1 fully saturated rings. The van der Waals surface area contributed by atoms with Gasteiger partial charge < -0.3 is 10.4 Å². The third-order valence-corrected chi connectivity index (χ3v) is 3.56. The number of benzene rings is 1. The van der Waals surface area contributed by atoms with Crippen molar-refractivity contribution >= 4 is 29.2 Å². The first-order valence-corrected chi connectivity index (χ1v) is 6.82. The van der Waals surface area contributed by atoms with Crippen LogP contribution in [0.25, 0.3) is 0 Å². The predicted octanol–water partition coefficient (Wildman–Crippen LogP) is 1.99. The number of hydrogen-bond acceptors (Lipinski definition) is 3. The molecule has 1 aromatic rings. The first kappa shape index (κ1) is 14.8. The van der Waals surface area contributed by atoms with E-state index in [0.717, 1.165) is 11.3 Å². The summed E-state index contributed by atoms with van der Waals surface area (Å²) in [5.74, 6) is -0.711. The van der Waals surface area contributed by atoms with E-state index in [0.29, 0.717) is 18.1 Å². The second-order valence-electron chi connectivity index (χ2n) is 5.17. The maximum atomic E-state index is 11.9. The van der Waals surface area contributed by atoms with Crippen LogP contribution in [-0.4, -0.2) is 41.5 Å². The normalized spacial score (nSPS) is 15.7. The molecule has 0 spiro atoms. The van der Waals surface area contributed by atoms with E-state index in [9.17, 15) is 9.59 Å². The van der Waals surface area contributed by atoms with Crippen molar-refractivity contribution in [2.75, 3.05) is 25.0 Å². The summed E-state index contributed by atoms with van der Waals surface area (Å²) in [5.41, 5.74) is 1.67. The number of carboxylic acid groups (broad SMARTS) is 1. The fourth-order valence-corrected chi connectivity index (χ4v) is 2.57. The summed E-state index contributed by atoms with van der Waals surface area (Å²) in [7, 11) is 0. The van der Waals surface area contributed by atoms with E-state index in [2.05, 4.69) is 5.32 Å². The molecule has 0 bridgehead atoms. The number of nitrogens with one attached hydrogen (secondary N) is 1. The smallest absolute Gasteiger partial charge is 0.303 e. The van der Waals surface area contributed by atoms with Gasteiger partial charge in [-0.3, -0.25) is 14.5 Å². The number of hydrogen-bond donors (Lipinski definition) is 2. The second kappa shape index (κ2) is 6.24. The Labute approximate surface area is 122 Å². The molecule has 6 heteroatoms. The van der Waals surface area contributed by atoms with E-state index in [1.165, 1.54) is 0 Å². The summed E-state index contributed by atoms with van der Waals surface area (Å²) in [6.07, 6.45) is 0.175. The molecule has 0 saturated carbocycles. The lowest BCUT2D eigenvalue weighted by Crippen LogP contribution is -2.50. The highest BCUT2D eigenvalue weighted by Crippen LogP contribution is 2.21. The molecule has 1 aliphatic rings. The van der Waals surface area contributed by atoms with Gasteiger partial charge in [-0.1, -0.05) is 11.6 Å². The number of likely N-dealkylation sites (tertiary alicyclic amines) is 1. The van der Waals surface area contributed by atoms with Crippen LogP contribution in [0, 0.1) is 12.8 Å². The number of nitrogens with zero attached hydrogens (tertiary/aromatic N) is 1. The van der Waals surface area contributed by atoms with Crippen molar-refractivity contribution in [2.24, 2.45) is 5.92 Å². The summed E-state index contributed by atoms with van der Waals surface area (Å²) >= 11 is 5.86. The van der Waals surface area contributed by atoms with Crippen LogP contribution in [0.4, 0.5) is 5.69 Å². The van der Waals surface area contributed by atoms with Crippen molar-refractivity contribution in [1.82, 2.24) is 4.90 Å². The van der Waals surface area contributed by atoms with Crippen molar-refractivity contribution in [2.45, 2.75) is 13.3 Å². The van der Waals surface area contributed by atoms with E-state index >= 15 is 0 Å². The number of aliphatic carboxylic acids is 1. The lowest BCUT2D eigenvalue weighted by atomic mass is 9.96. The zero-order valence-corrected chi connectivity index (χ0v) is 12.0. The largest absolute Gasteiger partial charge is 0.481 e. The Morgan fingerprint density at radius 2 is 2.15 bits per heavy atom. The molecule has 1 heterocycles. The van der Waals surface area contributed by atoms with Gasteiger partial charge in [0.1, 0.15) is 0 Å². The molecule has 20 heavy (non-hydrogen) atoms. The highest BCUT2D eigenvalue weighted by molar-refractivity contribution is 6.30. The summed E-state index contributed by atoms with van der Waals surface area (Å²) < 4.78 is 0. The topological polar surface area (TPSA) is 69.6 Å². The highest BCUT2D eigenvalue weighted by Gasteiger charge is 2.29. The van der Waals surface area contributed by atoms with Crippen molar-refractivity contribution in [3.63, 3.8) is 0 Å². The van der Waals surface area contributed by atoms with Crippen LogP contribution in [0.3, 0.4) is 0 Å². The minimum atomic E-state index is -0.782. The average Bonchev–Trinajstić information content (AvgIpc) is 2.29. The molecule has 1 amide bonds. The van der Waals surface area contributed by atoms with Gasteiger partial charge in [0.15, 0.2) is 0 Å². The summed E-state index contributed by atoms with van der Waals surface area (Å²) in [6.45, 7) is 3.50. The zero-order chi connectivity index (χ0) is 14.7. The quantitative estimate of drug-likeness (QED) is 0.872. The molecule has 1 aliphatic heterocycles. The molecule has 0 aromatic heterocycles. The first-order chi connectivity index (χ1) is 9.44. The molecule has 1 saturated heterocycles. The van der Waals surface area contributed by atoms with Crippen molar-refractivity contribution in [1.29, 1.82) is 0 Å². The van der Waals surface area contributed by atoms with Gasteiger partial charge >= 0.3 is 5.97 Å². The van der Waals surface area contributed by atoms with E-state index in [-0.39, 0.29) is 24.8 Å². The molecule has 0 radical (unpaired) electrons. The van der Waals surface area contributed by atoms with Gasteiger partial charge in [0.25, 0.3) is 0 Å². The fourth-order valence-electron chi connectivity index (χ4n) is 2.34. The number of carbonyl (C=O) groups excluding carboxylic acids is 1. The number of anilines is 1. The molecule has 2 rings (SSSR count). The van der Waals surface area contributed by atoms with Crippen LogP contribution in [0.5, 0.6) is 0 Å². The van der Waals surface area contributed by atoms with Gasteiger partial charge in [0.05, 0.1) is 13.0 Å². The van der Waals surface area contributed by atoms with Crippen molar-refractivity contribution < 1.29 is 14.7 Å². The number of aryl methyl sites for hydroxylation is 1. The van der Waals surface area contributed by atoms with Crippen molar-refractivity contribution in [3.8, 4) is 0 Å². The number of amides is 1. The van der Waals surface area contributed by atoms with Crippen LogP contribution in [0.15, 0.2) is 18.2 Å². The van der Waals surface area contributed by atoms with Gasteiger partial charge in [-0.05, 0) is 36.6 Å². The minimum absolute atomic E-state index is 0.0933. The average molecular weight is 297 g/mol. The maximum absolute atomic E-state index is 11.9. The third-order valence-electron chi connectivity index (χ3n) is 3.33. The first-order valence-electron chi connectivity index (χ1n) is 6.44. The van der Waals surface area contributed by atoms with E-state index in [1.54, 1.807) is 18.2 Å².